The van der Waals surface area contributed by atoms with Crippen molar-refractivity contribution in [3.63, 3.8) is 0 Å². The van der Waals surface area contributed by atoms with E-state index in [2.05, 4.69) is 32.9 Å². The Balaban J connectivity index is 1.99. The molecule has 0 unspecified atom stereocenters. The van der Waals surface area contributed by atoms with Crippen LogP contribution in [0.4, 0.5) is 0 Å². The van der Waals surface area contributed by atoms with Crippen LogP contribution in [0.1, 0.15) is 23.1 Å². The van der Waals surface area contributed by atoms with Crippen molar-refractivity contribution >= 4 is 21.8 Å². The molecule has 1 saturated heterocycles. The number of alkyl halides is 1. The summed E-state index contributed by atoms with van der Waals surface area (Å²) in [5.74, 6) is 0.105. The first-order chi connectivity index (χ1) is 9.15. The molecule has 6 heteroatoms. The first kappa shape index (κ1) is 14.5. The lowest BCUT2D eigenvalue weighted by Crippen LogP contribution is -2.49. The van der Waals surface area contributed by atoms with Gasteiger partial charge in [0.25, 0.3) is 5.91 Å². The van der Waals surface area contributed by atoms with Gasteiger partial charge in [-0.05, 0) is 12.5 Å². The lowest BCUT2D eigenvalue weighted by atomic mass is 10.2. The number of nitrogens with zero attached hydrogens (tertiary/aromatic N) is 4. The second kappa shape index (κ2) is 6.52. The van der Waals surface area contributed by atoms with Gasteiger partial charge in [0.15, 0.2) is 0 Å². The fourth-order valence-corrected chi connectivity index (χ4v) is 2.86. The van der Waals surface area contributed by atoms with Gasteiger partial charge in [-0.15, -0.1) is 0 Å². The van der Waals surface area contributed by atoms with Crippen LogP contribution in [0, 0.1) is 0 Å². The number of amides is 1. The number of hydrogen-bond donors (Lipinski definition) is 0. The molecule has 5 nitrogen and oxygen atoms in total. The van der Waals surface area contributed by atoms with Crippen LogP contribution in [0.25, 0.3) is 0 Å². The smallest absolute Gasteiger partial charge is 0.272 e. The molecule has 1 aromatic heterocycles. The van der Waals surface area contributed by atoms with E-state index in [-0.39, 0.29) is 5.91 Å². The molecule has 0 radical (unpaired) electrons. The fraction of sp³-hybridized carbons (Fsp3) is 0.692. The van der Waals surface area contributed by atoms with E-state index in [4.69, 9.17) is 0 Å². The van der Waals surface area contributed by atoms with Crippen molar-refractivity contribution in [2.24, 2.45) is 7.05 Å². The van der Waals surface area contributed by atoms with Crippen molar-refractivity contribution in [2.75, 3.05) is 38.1 Å². The van der Waals surface area contributed by atoms with E-state index in [1.165, 1.54) is 0 Å². The Hall–Kier alpha value is -0.880. The van der Waals surface area contributed by atoms with Gasteiger partial charge in [0.2, 0.25) is 0 Å². The Morgan fingerprint density at radius 2 is 2.05 bits per heavy atom. The highest BCUT2D eigenvalue weighted by Crippen LogP contribution is 2.10. The summed E-state index contributed by atoms with van der Waals surface area (Å²) >= 11 is 3.45. The summed E-state index contributed by atoms with van der Waals surface area (Å²) < 4.78 is 1.70. The third-order valence-corrected chi connectivity index (χ3v) is 3.93. The average molecular weight is 329 g/mol. The highest BCUT2D eigenvalue weighted by molar-refractivity contribution is 9.09. The summed E-state index contributed by atoms with van der Waals surface area (Å²) in [6.07, 6.45) is 0.861. The average Bonchev–Trinajstić information content (AvgIpc) is 2.80. The van der Waals surface area contributed by atoms with Crippen LogP contribution in [0.15, 0.2) is 6.07 Å². The summed E-state index contributed by atoms with van der Waals surface area (Å²) in [6.45, 7) is 6.62. The number of hydrogen-bond acceptors (Lipinski definition) is 3. The Morgan fingerprint density at radius 1 is 1.37 bits per heavy atom. The first-order valence-corrected chi connectivity index (χ1v) is 7.88. The fourth-order valence-electron chi connectivity index (χ4n) is 2.36. The van der Waals surface area contributed by atoms with Crippen molar-refractivity contribution in [1.29, 1.82) is 0 Å². The monoisotopic (exact) mass is 328 g/mol. The van der Waals surface area contributed by atoms with Gasteiger partial charge in [-0.2, -0.15) is 5.10 Å². The minimum atomic E-state index is 0.105. The van der Waals surface area contributed by atoms with Crippen LogP contribution < -0.4 is 0 Å². The maximum atomic E-state index is 12.5. The van der Waals surface area contributed by atoms with Crippen molar-refractivity contribution in [3.05, 3.63) is 17.5 Å². The molecule has 0 atom stereocenters. The summed E-state index contributed by atoms with van der Waals surface area (Å²) in [6, 6.07) is 1.91. The van der Waals surface area contributed by atoms with E-state index < -0.39 is 0 Å². The number of carbonyl (C=O) groups is 1. The molecular formula is C13H21BrN4O. The lowest BCUT2D eigenvalue weighted by molar-refractivity contribution is 0.0634. The Morgan fingerprint density at radius 3 is 2.58 bits per heavy atom. The van der Waals surface area contributed by atoms with Gasteiger partial charge in [-0.25, -0.2) is 0 Å². The second-order valence-electron chi connectivity index (χ2n) is 4.82. The molecule has 1 aliphatic rings. The van der Waals surface area contributed by atoms with Gasteiger partial charge in [0.05, 0.1) is 5.69 Å². The predicted molar refractivity (Wildman–Crippen MR) is 78.7 cm³/mol. The van der Waals surface area contributed by atoms with Gasteiger partial charge < -0.3 is 4.90 Å². The maximum absolute atomic E-state index is 12.5. The molecule has 1 aliphatic heterocycles. The van der Waals surface area contributed by atoms with Crippen LogP contribution in [0.2, 0.25) is 0 Å². The Kier molecular flexibility index (Phi) is 4.99. The molecule has 1 amide bonds. The molecule has 2 rings (SSSR count). The van der Waals surface area contributed by atoms with Crippen molar-refractivity contribution in [3.8, 4) is 0 Å². The number of halogens is 1. The molecule has 0 bridgehead atoms. The summed E-state index contributed by atoms with van der Waals surface area (Å²) in [7, 11) is 1.84. The maximum Gasteiger partial charge on any atom is 0.272 e. The number of rotatable bonds is 4. The third kappa shape index (κ3) is 3.36. The summed E-state index contributed by atoms with van der Waals surface area (Å²) in [5.41, 5.74) is 1.68. The SMILES string of the molecule is CCc1cc(C(=O)N2CCN(CCBr)CC2)n(C)n1. The summed E-state index contributed by atoms with van der Waals surface area (Å²) in [4.78, 5) is 16.8. The zero-order valence-electron chi connectivity index (χ0n) is 11.6. The standard InChI is InChI=1S/C13H21BrN4O/c1-3-11-10-12(16(2)15-11)13(19)18-8-6-17(5-4-14)7-9-18/h10H,3-9H2,1-2H3. The molecule has 0 saturated carbocycles. The third-order valence-electron chi connectivity index (χ3n) is 3.57. The molecule has 0 spiro atoms. The van der Waals surface area contributed by atoms with E-state index in [0.717, 1.165) is 50.2 Å². The van der Waals surface area contributed by atoms with Crippen molar-refractivity contribution in [2.45, 2.75) is 13.3 Å². The van der Waals surface area contributed by atoms with E-state index in [9.17, 15) is 4.79 Å². The normalized spacial score (nSPS) is 16.9. The lowest BCUT2D eigenvalue weighted by Gasteiger charge is -2.34. The molecule has 1 aromatic rings. The van der Waals surface area contributed by atoms with E-state index in [1.54, 1.807) is 4.68 Å². The number of aromatic nitrogens is 2. The van der Waals surface area contributed by atoms with Gasteiger partial charge in [0.1, 0.15) is 5.69 Å². The highest BCUT2D eigenvalue weighted by Gasteiger charge is 2.24. The molecule has 19 heavy (non-hydrogen) atoms. The minimum absolute atomic E-state index is 0.105. The van der Waals surface area contributed by atoms with Crippen LogP contribution in [0.3, 0.4) is 0 Å². The molecule has 106 valence electrons. The van der Waals surface area contributed by atoms with Gasteiger partial charge >= 0.3 is 0 Å². The molecular weight excluding hydrogens is 308 g/mol. The second-order valence-corrected chi connectivity index (χ2v) is 5.61. The minimum Gasteiger partial charge on any atom is -0.335 e. The van der Waals surface area contributed by atoms with E-state index in [1.807, 2.05) is 18.0 Å². The molecule has 0 aromatic carbocycles. The highest BCUT2D eigenvalue weighted by atomic mass is 79.9. The number of carbonyl (C=O) groups excluding carboxylic acids is 1. The predicted octanol–water partition coefficient (Wildman–Crippen LogP) is 1.14. The van der Waals surface area contributed by atoms with Crippen LogP contribution >= 0.6 is 15.9 Å². The van der Waals surface area contributed by atoms with Crippen molar-refractivity contribution in [1.82, 2.24) is 19.6 Å². The zero-order valence-corrected chi connectivity index (χ0v) is 13.2. The number of piperazine rings is 1. The topological polar surface area (TPSA) is 41.4 Å². The van der Waals surface area contributed by atoms with Crippen LogP contribution in [-0.4, -0.2) is 63.5 Å². The van der Waals surface area contributed by atoms with Crippen molar-refractivity contribution < 1.29 is 4.79 Å². The quantitative estimate of drug-likeness (QED) is 0.778. The Bertz CT molecular complexity index is 438. The van der Waals surface area contributed by atoms with Crippen LogP contribution in [0.5, 0.6) is 0 Å². The Labute approximate surface area is 122 Å². The van der Waals surface area contributed by atoms with Gasteiger partial charge in [0, 0.05) is 45.1 Å². The van der Waals surface area contributed by atoms with E-state index in [0.29, 0.717) is 5.69 Å². The van der Waals surface area contributed by atoms with E-state index >= 15 is 0 Å². The molecule has 0 aliphatic carbocycles. The largest absolute Gasteiger partial charge is 0.335 e. The van der Waals surface area contributed by atoms with Crippen LogP contribution in [-0.2, 0) is 13.5 Å². The molecule has 2 heterocycles. The molecule has 0 N–H and O–H groups in total. The summed E-state index contributed by atoms with van der Waals surface area (Å²) in [5, 5.41) is 5.33. The van der Waals surface area contributed by atoms with Gasteiger partial charge in [-0.1, -0.05) is 22.9 Å². The zero-order chi connectivity index (χ0) is 13.8. The number of aryl methyl sites for hydroxylation is 2. The van der Waals surface area contributed by atoms with Gasteiger partial charge in [-0.3, -0.25) is 14.4 Å². The first-order valence-electron chi connectivity index (χ1n) is 6.76. The molecule has 1 fully saturated rings.